The second kappa shape index (κ2) is 5.35. The summed E-state index contributed by atoms with van der Waals surface area (Å²) in [6, 6.07) is 5.52. The molecule has 2 heterocycles. The van der Waals surface area contributed by atoms with Crippen LogP contribution in [0.15, 0.2) is 36.8 Å². The number of carboxylic acid groups (broad SMARTS) is 1. The minimum Gasteiger partial charge on any atom is -0.481 e. The Kier molecular flexibility index (Phi) is 3.62. The summed E-state index contributed by atoms with van der Waals surface area (Å²) in [5.41, 5.74) is 1.65. The highest BCUT2D eigenvalue weighted by Crippen LogP contribution is 2.15. The number of carboxylic acids is 1. The first-order chi connectivity index (χ1) is 8.66. The molecular weight excluding hydrogens is 230 g/mol. The van der Waals surface area contributed by atoms with Gasteiger partial charge in [0.2, 0.25) is 0 Å². The van der Waals surface area contributed by atoms with E-state index in [2.05, 4.69) is 15.0 Å². The van der Waals surface area contributed by atoms with Crippen molar-refractivity contribution in [3.05, 3.63) is 42.6 Å². The zero-order chi connectivity index (χ0) is 13.0. The van der Waals surface area contributed by atoms with Crippen molar-refractivity contribution < 1.29 is 9.90 Å². The van der Waals surface area contributed by atoms with Gasteiger partial charge in [-0.15, -0.1) is 0 Å². The molecule has 0 aliphatic rings. The van der Waals surface area contributed by atoms with Gasteiger partial charge in [0.25, 0.3) is 0 Å². The number of hydrogen-bond acceptors (Lipinski definition) is 4. The molecule has 0 saturated heterocycles. The molecule has 0 saturated carbocycles. The Hall–Kier alpha value is -2.30. The fourth-order valence-electron chi connectivity index (χ4n) is 1.53. The van der Waals surface area contributed by atoms with Gasteiger partial charge < -0.3 is 5.11 Å². The number of aromatic nitrogens is 3. The summed E-state index contributed by atoms with van der Waals surface area (Å²) in [6.45, 7) is 1.64. The van der Waals surface area contributed by atoms with Crippen molar-refractivity contribution in [2.75, 3.05) is 0 Å². The lowest BCUT2D eigenvalue weighted by atomic mass is 10.1. The standard InChI is InChI=1S/C13H13N3O2/c1-9(13(17)18)7-12-15-6-4-11(16-12)10-3-2-5-14-8-10/h2-6,8-9H,7H2,1H3,(H,17,18). The van der Waals surface area contributed by atoms with Crippen LogP contribution in [0.25, 0.3) is 11.3 Å². The fraction of sp³-hybridized carbons (Fsp3) is 0.231. The van der Waals surface area contributed by atoms with Gasteiger partial charge in [-0.2, -0.15) is 0 Å². The van der Waals surface area contributed by atoms with Crippen molar-refractivity contribution in [1.29, 1.82) is 0 Å². The minimum atomic E-state index is -0.842. The summed E-state index contributed by atoms with van der Waals surface area (Å²) in [5.74, 6) is -0.800. The topological polar surface area (TPSA) is 76.0 Å². The highest BCUT2D eigenvalue weighted by molar-refractivity contribution is 5.69. The molecule has 0 radical (unpaired) electrons. The monoisotopic (exact) mass is 243 g/mol. The molecule has 0 bridgehead atoms. The maximum Gasteiger partial charge on any atom is 0.306 e. The van der Waals surface area contributed by atoms with E-state index in [-0.39, 0.29) is 0 Å². The third-order valence-electron chi connectivity index (χ3n) is 2.57. The maximum absolute atomic E-state index is 10.8. The highest BCUT2D eigenvalue weighted by atomic mass is 16.4. The van der Waals surface area contributed by atoms with Crippen molar-refractivity contribution in [2.45, 2.75) is 13.3 Å². The number of pyridine rings is 1. The summed E-state index contributed by atoms with van der Waals surface area (Å²) in [6.07, 6.45) is 5.37. The molecule has 1 unspecified atom stereocenters. The van der Waals surface area contributed by atoms with Crippen LogP contribution in [0.2, 0.25) is 0 Å². The lowest BCUT2D eigenvalue weighted by molar-refractivity contribution is -0.141. The van der Waals surface area contributed by atoms with E-state index in [1.165, 1.54) is 0 Å². The van der Waals surface area contributed by atoms with Crippen molar-refractivity contribution in [2.24, 2.45) is 5.92 Å². The lowest BCUT2D eigenvalue weighted by Crippen LogP contribution is -2.14. The molecule has 92 valence electrons. The Balaban J connectivity index is 2.23. The average Bonchev–Trinajstić information content (AvgIpc) is 2.40. The molecule has 18 heavy (non-hydrogen) atoms. The Morgan fingerprint density at radius 2 is 2.22 bits per heavy atom. The highest BCUT2D eigenvalue weighted by Gasteiger charge is 2.13. The first kappa shape index (κ1) is 12.2. The molecule has 2 aromatic heterocycles. The molecule has 0 aromatic carbocycles. The van der Waals surface area contributed by atoms with Gasteiger partial charge in [0.1, 0.15) is 5.82 Å². The van der Waals surface area contributed by atoms with Crippen molar-refractivity contribution in [3.8, 4) is 11.3 Å². The van der Waals surface area contributed by atoms with Crippen LogP contribution in [0.3, 0.4) is 0 Å². The maximum atomic E-state index is 10.8. The van der Waals surface area contributed by atoms with Crippen LogP contribution >= 0.6 is 0 Å². The zero-order valence-corrected chi connectivity index (χ0v) is 9.95. The Labute approximate surface area is 105 Å². The van der Waals surface area contributed by atoms with Crippen molar-refractivity contribution in [1.82, 2.24) is 15.0 Å². The Bertz CT molecular complexity index is 543. The summed E-state index contributed by atoms with van der Waals surface area (Å²) in [7, 11) is 0. The average molecular weight is 243 g/mol. The van der Waals surface area contributed by atoms with Gasteiger partial charge in [-0.05, 0) is 18.2 Å². The lowest BCUT2D eigenvalue weighted by Gasteiger charge is -2.06. The van der Waals surface area contributed by atoms with E-state index >= 15 is 0 Å². The van der Waals surface area contributed by atoms with Crippen LogP contribution in [0, 0.1) is 5.92 Å². The van der Waals surface area contributed by atoms with Crippen LogP contribution in [-0.2, 0) is 11.2 Å². The van der Waals surface area contributed by atoms with Crippen molar-refractivity contribution in [3.63, 3.8) is 0 Å². The molecule has 1 N–H and O–H groups in total. The summed E-state index contributed by atoms with van der Waals surface area (Å²) in [5, 5.41) is 8.86. The fourth-order valence-corrected chi connectivity index (χ4v) is 1.53. The third-order valence-corrected chi connectivity index (χ3v) is 2.57. The van der Waals surface area contributed by atoms with Gasteiger partial charge in [-0.1, -0.05) is 6.92 Å². The van der Waals surface area contributed by atoms with Gasteiger partial charge in [0, 0.05) is 30.6 Å². The van der Waals surface area contributed by atoms with E-state index in [1.54, 1.807) is 31.6 Å². The van der Waals surface area contributed by atoms with Crippen LogP contribution in [0.1, 0.15) is 12.7 Å². The molecular formula is C13H13N3O2. The van der Waals surface area contributed by atoms with Crippen LogP contribution in [0.4, 0.5) is 0 Å². The number of carbonyl (C=O) groups is 1. The van der Waals surface area contributed by atoms with Gasteiger partial charge in [-0.25, -0.2) is 9.97 Å². The third kappa shape index (κ3) is 2.88. The van der Waals surface area contributed by atoms with Gasteiger partial charge in [0.05, 0.1) is 11.6 Å². The molecule has 0 fully saturated rings. The molecule has 1 atom stereocenters. The van der Waals surface area contributed by atoms with Crippen LogP contribution in [-0.4, -0.2) is 26.0 Å². The number of hydrogen-bond donors (Lipinski definition) is 1. The first-order valence-electron chi connectivity index (χ1n) is 5.62. The summed E-state index contributed by atoms with van der Waals surface area (Å²) >= 11 is 0. The smallest absolute Gasteiger partial charge is 0.306 e. The molecule has 0 amide bonds. The molecule has 2 rings (SSSR count). The molecule has 5 nitrogen and oxygen atoms in total. The first-order valence-corrected chi connectivity index (χ1v) is 5.62. The van der Waals surface area contributed by atoms with Gasteiger partial charge >= 0.3 is 5.97 Å². The molecule has 0 aliphatic carbocycles. The summed E-state index contributed by atoms with van der Waals surface area (Å²) in [4.78, 5) is 23.3. The molecule has 5 heteroatoms. The van der Waals surface area contributed by atoms with Crippen molar-refractivity contribution >= 4 is 5.97 Å². The van der Waals surface area contributed by atoms with Gasteiger partial charge in [-0.3, -0.25) is 9.78 Å². The van der Waals surface area contributed by atoms with E-state index in [1.807, 2.05) is 12.1 Å². The number of rotatable bonds is 4. The Morgan fingerprint density at radius 3 is 2.89 bits per heavy atom. The molecule has 0 aliphatic heterocycles. The van der Waals surface area contributed by atoms with Crippen LogP contribution in [0.5, 0.6) is 0 Å². The Morgan fingerprint density at radius 1 is 1.39 bits per heavy atom. The van der Waals surface area contributed by atoms with E-state index < -0.39 is 11.9 Å². The number of aliphatic carboxylic acids is 1. The van der Waals surface area contributed by atoms with Crippen LogP contribution < -0.4 is 0 Å². The normalized spacial score (nSPS) is 12.1. The van der Waals surface area contributed by atoms with Gasteiger partial charge in [0.15, 0.2) is 0 Å². The predicted molar refractivity (Wildman–Crippen MR) is 65.8 cm³/mol. The van der Waals surface area contributed by atoms with E-state index in [4.69, 9.17) is 5.11 Å². The molecule has 2 aromatic rings. The van der Waals surface area contributed by atoms with E-state index in [9.17, 15) is 4.79 Å². The van der Waals surface area contributed by atoms with E-state index in [0.29, 0.717) is 12.2 Å². The quantitative estimate of drug-likeness (QED) is 0.886. The summed E-state index contributed by atoms with van der Waals surface area (Å²) < 4.78 is 0. The molecule has 0 spiro atoms. The SMILES string of the molecule is CC(Cc1nccc(-c2cccnc2)n1)C(=O)O. The second-order valence-corrected chi connectivity index (χ2v) is 4.04. The predicted octanol–water partition coefficient (Wildman–Crippen LogP) is 1.80. The number of nitrogens with zero attached hydrogens (tertiary/aromatic N) is 3. The minimum absolute atomic E-state index is 0.323. The zero-order valence-electron chi connectivity index (χ0n) is 9.95. The second-order valence-electron chi connectivity index (χ2n) is 4.04. The van der Waals surface area contributed by atoms with E-state index in [0.717, 1.165) is 11.3 Å². The largest absolute Gasteiger partial charge is 0.481 e.